The molecule has 2 fully saturated rings. The van der Waals surface area contributed by atoms with Crippen LogP contribution in [-0.4, -0.2) is 66.2 Å². The van der Waals surface area contributed by atoms with Crippen LogP contribution < -0.4 is 16.0 Å². The molecule has 4 rings (SSSR count). The van der Waals surface area contributed by atoms with Gasteiger partial charge in [-0.1, -0.05) is 12.1 Å². The fourth-order valence-electron chi connectivity index (χ4n) is 4.39. The van der Waals surface area contributed by atoms with E-state index in [0.717, 1.165) is 37.5 Å². The molecule has 2 atom stereocenters. The summed E-state index contributed by atoms with van der Waals surface area (Å²) in [7, 11) is 0. The number of carbonyl (C=O) groups is 3. The van der Waals surface area contributed by atoms with Crippen molar-refractivity contribution in [3.63, 3.8) is 0 Å². The normalized spacial score (nSPS) is 18.3. The number of aromatic hydroxyl groups is 1. The SMILES string of the molecule is CCOC(=O)c1ccc(NC(=O)N[C@@H](Cc2ccc(O)cc2)C(=O)N[C@H]2CCN(CC3CC3)C2)cc1. The molecule has 36 heavy (non-hydrogen) atoms. The maximum atomic E-state index is 13.2. The minimum absolute atomic E-state index is 0.0545. The highest BCUT2D eigenvalue weighted by Crippen LogP contribution is 2.30. The van der Waals surface area contributed by atoms with Crippen molar-refractivity contribution in [1.29, 1.82) is 0 Å². The van der Waals surface area contributed by atoms with Gasteiger partial charge in [0.05, 0.1) is 12.2 Å². The average Bonchev–Trinajstić information content (AvgIpc) is 3.57. The molecule has 0 unspecified atom stereocenters. The maximum absolute atomic E-state index is 13.2. The molecule has 3 amide bonds. The molecular weight excluding hydrogens is 460 g/mol. The molecule has 2 aliphatic rings. The molecule has 4 N–H and O–H groups in total. The summed E-state index contributed by atoms with van der Waals surface area (Å²) in [6.45, 7) is 4.91. The lowest BCUT2D eigenvalue weighted by molar-refractivity contribution is -0.123. The lowest BCUT2D eigenvalue weighted by Crippen LogP contribution is -2.52. The van der Waals surface area contributed by atoms with Crippen LogP contribution in [0.5, 0.6) is 5.75 Å². The summed E-state index contributed by atoms with van der Waals surface area (Å²) in [4.78, 5) is 40.2. The standard InChI is InChI=1S/C27H34N4O5/c1-2-36-26(34)20-7-9-21(10-8-20)29-27(35)30-24(15-18-5-11-23(32)12-6-18)25(33)28-22-13-14-31(17-22)16-19-3-4-19/h5-12,19,22,24,32H,2-4,13-17H2,1H3,(H,28,33)(H2,29,30,35)/t22-,24-/m0/s1. The highest BCUT2D eigenvalue weighted by Gasteiger charge is 2.31. The molecule has 1 saturated carbocycles. The number of nitrogens with one attached hydrogen (secondary N) is 3. The van der Waals surface area contributed by atoms with Crippen LogP contribution in [0.15, 0.2) is 48.5 Å². The molecule has 192 valence electrons. The zero-order chi connectivity index (χ0) is 25.5. The zero-order valence-corrected chi connectivity index (χ0v) is 20.5. The van der Waals surface area contributed by atoms with Crippen LogP contribution in [-0.2, 0) is 16.0 Å². The van der Waals surface area contributed by atoms with E-state index in [0.29, 0.717) is 11.3 Å². The molecular formula is C27H34N4O5. The molecule has 0 spiro atoms. The second kappa shape index (κ2) is 11.9. The summed E-state index contributed by atoms with van der Waals surface area (Å²) >= 11 is 0. The Labute approximate surface area is 211 Å². The monoisotopic (exact) mass is 494 g/mol. The van der Waals surface area contributed by atoms with E-state index >= 15 is 0 Å². The summed E-state index contributed by atoms with van der Waals surface area (Å²) in [5, 5.41) is 18.2. The number of nitrogens with zero attached hydrogens (tertiary/aromatic N) is 1. The number of amides is 3. The summed E-state index contributed by atoms with van der Waals surface area (Å²) in [6.07, 6.45) is 3.77. The molecule has 0 aromatic heterocycles. The van der Waals surface area contributed by atoms with Crippen molar-refractivity contribution >= 4 is 23.6 Å². The minimum Gasteiger partial charge on any atom is -0.508 e. The number of anilines is 1. The fraction of sp³-hybridized carbons (Fsp3) is 0.444. The quantitative estimate of drug-likeness (QED) is 0.377. The minimum atomic E-state index is -0.800. The van der Waals surface area contributed by atoms with E-state index < -0.39 is 18.0 Å². The van der Waals surface area contributed by atoms with Crippen LogP contribution in [0.2, 0.25) is 0 Å². The molecule has 0 radical (unpaired) electrons. The largest absolute Gasteiger partial charge is 0.508 e. The third-order valence-electron chi connectivity index (χ3n) is 6.48. The number of hydrogen-bond acceptors (Lipinski definition) is 6. The number of rotatable bonds is 10. The number of likely N-dealkylation sites (tertiary alicyclic amines) is 1. The van der Waals surface area contributed by atoms with E-state index in [9.17, 15) is 19.5 Å². The van der Waals surface area contributed by atoms with Gasteiger partial charge in [-0.2, -0.15) is 0 Å². The predicted molar refractivity (Wildman–Crippen MR) is 136 cm³/mol. The second-order valence-corrected chi connectivity index (χ2v) is 9.52. The predicted octanol–water partition coefficient (Wildman–Crippen LogP) is 2.90. The number of hydrogen-bond donors (Lipinski definition) is 4. The number of ether oxygens (including phenoxy) is 1. The Bertz CT molecular complexity index is 1050. The first-order valence-corrected chi connectivity index (χ1v) is 12.5. The van der Waals surface area contributed by atoms with Gasteiger partial charge in [0.25, 0.3) is 0 Å². The summed E-state index contributed by atoms with van der Waals surface area (Å²) in [5.74, 6) is 0.271. The number of phenolic OH excluding ortho intramolecular Hbond substituents is 1. The van der Waals surface area contributed by atoms with Crippen molar-refractivity contribution in [1.82, 2.24) is 15.5 Å². The van der Waals surface area contributed by atoms with E-state index in [4.69, 9.17) is 4.74 Å². The Morgan fingerprint density at radius 2 is 1.78 bits per heavy atom. The van der Waals surface area contributed by atoms with Crippen LogP contribution >= 0.6 is 0 Å². The first-order valence-electron chi connectivity index (χ1n) is 12.5. The summed E-state index contributed by atoms with van der Waals surface area (Å²) in [5.41, 5.74) is 1.68. The van der Waals surface area contributed by atoms with Gasteiger partial charge in [0, 0.05) is 37.8 Å². The number of carbonyl (C=O) groups excluding carboxylic acids is 3. The lowest BCUT2D eigenvalue weighted by atomic mass is 10.0. The number of esters is 1. The summed E-state index contributed by atoms with van der Waals surface area (Å²) < 4.78 is 4.97. The Hall–Kier alpha value is -3.59. The van der Waals surface area contributed by atoms with Gasteiger partial charge in [-0.25, -0.2) is 9.59 Å². The fourth-order valence-corrected chi connectivity index (χ4v) is 4.39. The third-order valence-corrected chi connectivity index (χ3v) is 6.48. The van der Waals surface area contributed by atoms with Crippen LogP contribution in [0.4, 0.5) is 10.5 Å². The maximum Gasteiger partial charge on any atom is 0.338 e. The van der Waals surface area contributed by atoms with Gasteiger partial charge in [0.15, 0.2) is 0 Å². The van der Waals surface area contributed by atoms with Crippen LogP contribution in [0, 0.1) is 5.92 Å². The number of urea groups is 1. The highest BCUT2D eigenvalue weighted by molar-refractivity contribution is 5.95. The first-order chi connectivity index (χ1) is 17.4. The van der Waals surface area contributed by atoms with Gasteiger partial charge in [0.2, 0.25) is 5.91 Å². The first kappa shape index (κ1) is 25.5. The Morgan fingerprint density at radius 3 is 2.44 bits per heavy atom. The van der Waals surface area contributed by atoms with Crippen LogP contribution in [0.25, 0.3) is 0 Å². The van der Waals surface area contributed by atoms with Crippen molar-refractivity contribution in [3.05, 3.63) is 59.7 Å². The molecule has 1 heterocycles. The van der Waals surface area contributed by atoms with Gasteiger partial charge in [0.1, 0.15) is 11.8 Å². The van der Waals surface area contributed by atoms with Crippen molar-refractivity contribution in [2.75, 3.05) is 31.6 Å². The van der Waals surface area contributed by atoms with Crippen LogP contribution in [0.3, 0.4) is 0 Å². The Morgan fingerprint density at radius 1 is 1.06 bits per heavy atom. The van der Waals surface area contributed by atoms with Crippen molar-refractivity contribution in [2.24, 2.45) is 5.92 Å². The molecule has 1 aliphatic carbocycles. The van der Waals surface area contributed by atoms with Gasteiger partial charge in [-0.15, -0.1) is 0 Å². The van der Waals surface area contributed by atoms with Crippen molar-refractivity contribution in [3.8, 4) is 5.75 Å². The highest BCUT2D eigenvalue weighted by atomic mass is 16.5. The topological polar surface area (TPSA) is 120 Å². The third kappa shape index (κ3) is 7.45. The second-order valence-electron chi connectivity index (χ2n) is 9.52. The number of phenols is 1. The van der Waals surface area contributed by atoms with Crippen LogP contribution in [0.1, 0.15) is 42.1 Å². The molecule has 9 heteroatoms. The van der Waals surface area contributed by atoms with Gasteiger partial charge < -0.3 is 30.7 Å². The van der Waals surface area contributed by atoms with E-state index in [1.807, 2.05) is 0 Å². The smallest absolute Gasteiger partial charge is 0.338 e. The van der Waals surface area contributed by atoms with E-state index in [1.54, 1.807) is 55.5 Å². The lowest BCUT2D eigenvalue weighted by Gasteiger charge is -2.22. The Kier molecular flexibility index (Phi) is 8.43. The summed E-state index contributed by atoms with van der Waals surface area (Å²) in [6, 6.07) is 11.7. The van der Waals surface area contributed by atoms with Crippen molar-refractivity contribution < 1.29 is 24.2 Å². The zero-order valence-electron chi connectivity index (χ0n) is 20.5. The van der Waals surface area contributed by atoms with Gasteiger partial charge in [-0.3, -0.25) is 4.79 Å². The molecule has 2 aromatic rings. The molecule has 2 aromatic carbocycles. The van der Waals surface area contributed by atoms with E-state index in [1.165, 1.54) is 12.8 Å². The Balaban J connectivity index is 1.36. The number of benzene rings is 2. The van der Waals surface area contributed by atoms with Gasteiger partial charge in [-0.05, 0) is 74.1 Å². The van der Waals surface area contributed by atoms with E-state index in [2.05, 4.69) is 20.9 Å². The average molecular weight is 495 g/mol. The molecule has 1 aliphatic heterocycles. The molecule has 0 bridgehead atoms. The van der Waals surface area contributed by atoms with E-state index in [-0.39, 0.29) is 30.7 Å². The van der Waals surface area contributed by atoms with Gasteiger partial charge >= 0.3 is 12.0 Å². The molecule has 9 nitrogen and oxygen atoms in total. The molecule has 1 saturated heterocycles. The van der Waals surface area contributed by atoms with Crippen molar-refractivity contribution in [2.45, 2.75) is 44.7 Å².